The van der Waals surface area contributed by atoms with Gasteiger partial charge in [-0.25, -0.2) is 8.78 Å². The van der Waals surface area contributed by atoms with Crippen LogP contribution in [0.15, 0.2) is 23.5 Å². The lowest BCUT2D eigenvalue weighted by Gasteiger charge is -2.26. The number of hydrogen-bond acceptors (Lipinski definition) is 2. The molecule has 0 aromatic carbocycles. The second-order valence-electron chi connectivity index (χ2n) is 4.58. The van der Waals surface area contributed by atoms with E-state index in [4.69, 9.17) is 4.74 Å². The Hall–Kier alpha value is -0.900. The van der Waals surface area contributed by atoms with Gasteiger partial charge >= 0.3 is 0 Å². The van der Waals surface area contributed by atoms with E-state index in [0.717, 1.165) is 19.6 Å². The fraction of sp³-hybridized carbons (Fsp3) is 0.692. The van der Waals surface area contributed by atoms with Crippen molar-refractivity contribution in [3.63, 3.8) is 0 Å². The van der Waals surface area contributed by atoms with E-state index in [-0.39, 0.29) is 12.2 Å². The van der Waals surface area contributed by atoms with E-state index in [0.29, 0.717) is 13.0 Å². The fourth-order valence-electron chi connectivity index (χ4n) is 2.27. The van der Waals surface area contributed by atoms with Gasteiger partial charge < -0.3 is 4.74 Å². The van der Waals surface area contributed by atoms with E-state index < -0.39 is 11.7 Å². The highest BCUT2D eigenvalue weighted by Gasteiger charge is 2.18. The van der Waals surface area contributed by atoms with Crippen LogP contribution in [-0.4, -0.2) is 31.1 Å². The molecule has 1 fully saturated rings. The molecule has 0 unspecified atom stereocenters. The van der Waals surface area contributed by atoms with E-state index >= 15 is 0 Å². The van der Waals surface area contributed by atoms with Crippen LogP contribution in [0.5, 0.6) is 0 Å². The van der Waals surface area contributed by atoms with E-state index in [1.807, 2.05) is 0 Å². The molecule has 0 atom stereocenters. The lowest BCUT2D eigenvalue weighted by molar-refractivity contribution is 0.135. The van der Waals surface area contributed by atoms with Gasteiger partial charge in [-0.05, 0) is 38.4 Å². The Morgan fingerprint density at radius 1 is 1.18 bits per heavy atom. The number of piperidine rings is 1. The Morgan fingerprint density at radius 2 is 1.94 bits per heavy atom. The van der Waals surface area contributed by atoms with Gasteiger partial charge in [0.2, 0.25) is 0 Å². The van der Waals surface area contributed by atoms with Crippen LogP contribution >= 0.6 is 0 Å². The third kappa shape index (κ3) is 3.53. The quantitative estimate of drug-likeness (QED) is 0.751. The second kappa shape index (κ2) is 6.15. The van der Waals surface area contributed by atoms with Crippen LogP contribution in [0.25, 0.3) is 0 Å². The van der Waals surface area contributed by atoms with Crippen molar-refractivity contribution in [2.75, 3.05) is 26.2 Å². The zero-order chi connectivity index (χ0) is 12.1. The molecule has 2 rings (SSSR count). The van der Waals surface area contributed by atoms with Crippen LogP contribution in [-0.2, 0) is 4.74 Å². The minimum Gasteiger partial charge on any atom is -0.487 e. The molecule has 0 bridgehead atoms. The summed E-state index contributed by atoms with van der Waals surface area (Å²) in [6, 6.07) is 0. The average molecular weight is 243 g/mol. The molecule has 0 aromatic heterocycles. The van der Waals surface area contributed by atoms with Crippen LogP contribution in [0.1, 0.15) is 32.1 Å². The van der Waals surface area contributed by atoms with Gasteiger partial charge in [0.05, 0.1) is 0 Å². The lowest BCUT2D eigenvalue weighted by Crippen LogP contribution is -2.32. The minimum atomic E-state index is -0.549. The Kier molecular flexibility index (Phi) is 4.54. The molecule has 0 spiro atoms. The van der Waals surface area contributed by atoms with E-state index in [2.05, 4.69) is 4.90 Å². The van der Waals surface area contributed by atoms with Crippen LogP contribution in [0.2, 0.25) is 0 Å². The predicted octanol–water partition coefficient (Wildman–Crippen LogP) is 3.32. The summed E-state index contributed by atoms with van der Waals surface area (Å²) in [5.41, 5.74) is 0. The zero-order valence-corrected chi connectivity index (χ0v) is 10.1. The van der Waals surface area contributed by atoms with E-state index in [1.54, 1.807) is 0 Å². The molecule has 96 valence electrons. The van der Waals surface area contributed by atoms with Gasteiger partial charge in [-0.1, -0.05) is 6.42 Å². The zero-order valence-electron chi connectivity index (χ0n) is 10.1. The molecule has 4 heteroatoms. The summed E-state index contributed by atoms with van der Waals surface area (Å²) < 4.78 is 31.8. The van der Waals surface area contributed by atoms with E-state index in [9.17, 15) is 8.78 Å². The van der Waals surface area contributed by atoms with Crippen molar-refractivity contribution in [2.24, 2.45) is 0 Å². The van der Waals surface area contributed by atoms with Crippen LogP contribution < -0.4 is 0 Å². The highest BCUT2D eigenvalue weighted by atomic mass is 19.1. The highest BCUT2D eigenvalue weighted by Crippen LogP contribution is 2.27. The largest absolute Gasteiger partial charge is 0.487 e. The monoisotopic (exact) mass is 243 g/mol. The number of likely N-dealkylation sites (tertiary alicyclic amines) is 1. The number of ether oxygens (including phenoxy) is 1. The molecule has 2 nitrogen and oxygen atoms in total. The van der Waals surface area contributed by atoms with Crippen LogP contribution in [0.4, 0.5) is 8.78 Å². The van der Waals surface area contributed by atoms with Crippen molar-refractivity contribution in [3.8, 4) is 0 Å². The van der Waals surface area contributed by atoms with Gasteiger partial charge in [0, 0.05) is 13.0 Å². The predicted molar refractivity (Wildman–Crippen MR) is 62.8 cm³/mol. The molecule has 1 saturated heterocycles. The van der Waals surface area contributed by atoms with Crippen molar-refractivity contribution in [1.82, 2.24) is 4.90 Å². The highest BCUT2D eigenvalue weighted by molar-refractivity contribution is 5.26. The Morgan fingerprint density at radius 3 is 2.65 bits per heavy atom. The smallest absolute Gasteiger partial charge is 0.186 e. The molecule has 0 radical (unpaired) electrons. The molecular weight excluding hydrogens is 224 g/mol. The average Bonchev–Trinajstić information content (AvgIpc) is 2.34. The number of nitrogens with zero attached hydrogens (tertiary/aromatic N) is 1. The molecular formula is C13H19F2NO. The molecule has 17 heavy (non-hydrogen) atoms. The van der Waals surface area contributed by atoms with Crippen LogP contribution in [0, 0.1) is 0 Å². The first kappa shape index (κ1) is 12.6. The summed E-state index contributed by atoms with van der Waals surface area (Å²) in [6.45, 7) is 3.26. The Bertz CT molecular complexity index is 319. The lowest BCUT2D eigenvalue weighted by atomic mass is 10.1. The maximum absolute atomic E-state index is 13.3. The molecule has 1 aliphatic heterocycles. The van der Waals surface area contributed by atoms with Crippen molar-refractivity contribution >= 4 is 0 Å². The van der Waals surface area contributed by atoms with Crippen LogP contribution in [0.3, 0.4) is 0 Å². The number of halogens is 2. The molecule has 0 aromatic rings. The maximum Gasteiger partial charge on any atom is 0.186 e. The second-order valence-corrected chi connectivity index (χ2v) is 4.58. The topological polar surface area (TPSA) is 12.5 Å². The first-order valence-electron chi connectivity index (χ1n) is 6.37. The number of rotatable bonds is 4. The third-order valence-electron chi connectivity index (χ3n) is 3.25. The normalized spacial score (nSPS) is 22.6. The Balaban J connectivity index is 1.75. The minimum absolute atomic E-state index is 0.173. The molecule has 0 amide bonds. The summed E-state index contributed by atoms with van der Waals surface area (Å²) in [6.07, 6.45) is 5.79. The van der Waals surface area contributed by atoms with Gasteiger partial charge in [0.25, 0.3) is 0 Å². The summed E-state index contributed by atoms with van der Waals surface area (Å²) in [5, 5.41) is 0. The van der Waals surface area contributed by atoms with E-state index in [1.165, 1.54) is 25.3 Å². The van der Waals surface area contributed by atoms with Crippen molar-refractivity contribution in [3.05, 3.63) is 23.5 Å². The first-order chi connectivity index (χ1) is 8.27. The first-order valence-corrected chi connectivity index (χ1v) is 6.37. The number of hydrogen-bond donors (Lipinski definition) is 0. The molecule has 2 aliphatic rings. The van der Waals surface area contributed by atoms with Crippen molar-refractivity contribution in [2.45, 2.75) is 32.1 Å². The molecule has 1 aliphatic carbocycles. The molecule has 0 saturated carbocycles. The summed E-state index contributed by atoms with van der Waals surface area (Å²) in [4.78, 5) is 2.28. The van der Waals surface area contributed by atoms with Gasteiger partial charge in [-0.2, -0.15) is 0 Å². The molecule has 1 heterocycles. The number of allylic oxidation sites excluding steroid dienone is 3. The molecule has 0 N–H and O–H groups in total. The van der Waals surface area contributed by atoms with Gasteiger partial charge in [0.1, 0.15) is 12.4 Å². The SMILES string of the molecule is FC1=CCCC(F)=C1OCCN1CCCCC1. The Labute approximate surface area is 101 Å². The summed E-state index contributed by atoms with van der Waals surface area (Å²) in [7, 11) is 0. The maximum atomic E-state index is 13.3. The standard InChI is InChI=1S/C13H19F2NO/c14-11-5-4-6-12(15)13(11)17-10-9-16-7-2-1-3-8-16/h5H,1-4,6-10H2. The van der Waals surface area contributed by atoms with Crippen molar-refractivity contribution < 1.29 is 13.5 Å². The van der Waals surface area contributed by atoms with Gasteiger partial charge in [-0.15, -0.1) is 0 Å². The van der Waals surface area contributed by atoms with Crippen molar-refractivity contribution in [1.29, 1.82) is 0 Å². The summed E-state index contributed by atoms with van der Waals surface area (Å²) >= 11 is 0. The third-order valence-corrected chi connectivity index (χ3v) is 3.25. The fourth-order valence-corrected chi connectivity index (χ4v) is 2.27. The van der Waals surface area contributed by atoms with Gasteiger partial charge in [-0.3, -0.25) is 4.90 Å². The summed E-state index contributed by atoms with van der Waals surface area (Å²) in [5.74, 6) is -1.18. The van der Waals surface area contributed by atoms with Gasteiger partial charge in [0.15, 0.2) is 11.6 Å².